The third-order valence-corrected chi connectivity index (χ3v) is 5.10. The van der Waals surface area contributed by atoms with Crippen molar-refractivity contribution >= 4 is 34.2 Å². The zero-order valence-electron chi connectivity index (χ0n) is 12.6. The van der Waals surface area contributed by atoms with Crippen LogP contribution in [0.3, 0.4) is 0 Å². The Bertz CT molecular complexity index is 439. The summed E-state index contributed by atoms with van der Waals surface area (Å²) in [6.45, 7) is 6.72. The molecule has 1 aromatic rings. The van der Waals surface area contributed by atoms with Crippen LogP contribution < -0.4 is 10.2 Å². The van der Waals surface area contributed by atoms with E-state index in [0.717, 1.165) is 9.47 Å². The van der Waals surface area contributed by atoms with Crippen LogP contribution in [0.5, 0.6) is 0 Å². The molecule has 0 aliphatic heterocycles. The first kappa shape index (κ1) is 17.2. The van der Waals surface area contributed by atoms with E-state index >= 15 is 0 Å². The van der Waals surface area contributed by atoms with Crippen molar-refractivity contribution in [3.8, 4) is 0 Å². The van der Waals surface area contributed by atoms with Gasteiger partial charge in [-0.1, -0.05) is 30.0 Å². The lowest BCUT2D eigenvalue weighted by atomic mass is 10.1. The molecule has 0 aliphatic rings. The van der Waals surface area contributed by atoms with E-state index in [0.29, 0.717) is 18.9 Å². The average Bonchev–Trinajstić information content (AvgIpc) is 2.86. The number of hydrogen-bond acceptors (Lipinski definition) is 8. The molecule has 0 saturated heterocycles. The fraction of sp³-hybridized carbons (Fsp3) is 0.750. The summed E-state index contributed by atoms with van der Waals surface area (Å²) < 4.78 is 5.99. The number of ether oxygens (including phenoxy) is 1. The van der Waals surface area contributed by atoms with Crippen LogP contribution in [0.4, 0.5) is 5.13 Å². The molecule has 6 nitrogen and oxygen atoms in total. The highest BCUT2D eigenvalue weighted by molar-refractivity contribution is 8.01. The van der Waals surface area contributed by atoms with Crippen molar-refractivity contribution in [2.24, 2.45) is 0 Å². The minimum absolute atomic E-state index is 0.230. The number of rotatable bonds is 8. The Hall–Kier alpha value is -0.860. The second kappa shape index (κ2) is 7.80. The highest BCUT2D eigenvalue weighted by Gasteiger charge is 2.34. The molecule has 1 heterocycles. The van der Waals surface area contributed by atoms with Crippen LogP contribution in [0.25, 0.3) is 0 Å². The summed E-state index contributed by atoms with van der Waals surface area (Å²) in [7, 11) is 3.85. The van der Waals surface area contributed by atoms with Gasteiger partial charge in [0.1, 0.15) is 5.54 Å². The fourth-order valence-corrected chi connectivity index (χ4v) is 3.38. The minimum atomic E-state index is -0.709. The Morgan fingerprint density at radius 2 is 2.15 bits per heavy atom. The van der Waals surface area contributed by atoms with Gasteiger partial charge in [0.15, 0.2) is 4.34 Å². The van der Waals surface area contributed by atoms with Crippen LogP contribution in [0.15, 0.2) is 4.34 Å². The Balaban J connectivity index is 2.68. The summed E-state index contributed by atoms with van der Waals surface area (Å²) in [6.07, 6.45) is 0. The van der Waals surface area contributed by atoms with Crippen molar-refractivity contribution in [1.29, 1.82) is 0 Å². The van der Waals surface area contributed by atoms with Gasteiger partial charge >= 0.3 is 5.97 Å². The van der Waals surface area contributed by atoms with Crippen LogP contribution in [0, 0.1) is 0 Å². The summed E-state index contributed by atoms with van der Waals surface area (Å²) in [4.78, 5) is 14.0. The van der Waals surface area contributed by atoms with Gasteiger partial charge in [0.25, 0.3) is 0 Å². The molecule has 0 amide bonds. The molecule has 1 unspecified atom stereocenters. The first-order valence-corrected chi connectivity index (χ1v) is 8.29. The maximum atomic E-state index is 12.1. The largest absolute Gasteiger partial charge is 0.465 e. The number of thioether (sulfide) groups is 1. The number of anilines is 1. The SMILES string of the molecule is CCNC(C)(CSc1nnc(N(C)C)s1)C(=O)OCC. The number of esters is 1. The Kier molecular flexibility index (Phi) is 6.70. The number of likely N-dealkylation sites (N-methyl/N-ethyl adjacent to an activating group) is 1. The number of carbonyl (C=O) groups excluding carboxylic acids is 1. The molecule has 20 heavy (non-hydrogen) atoms. The molecule has 1 N–H and O–H groups in total. The second-order valence-electron chi connectivity index (χ2n) is 4.62. The smallest absolute Gasteiger partial charge is 0.326 e. The lowest BCUT2D eigenvalue weighted by Crippen LogP contribution is -2.52. The Morgan fingerprint density at radius 1 is 1.45 bits per heavy atom. The zero-order valence-corrected chi connectivity index (χ0v) is 14.2. The van der Waals surface area contributed by atoms with Crippen molar-refractivity contribution in [2.75, 3.05) is 37.9 Å². The predicted molar refractivity (Wildman–Crippen MR) is 83.7 cm³/mol. The molecular weight excluding hydrogens is 296 g/mol. The molecule has 0 aliphatic carbocycles. The molecule has 0 aromatic carbocycles. The van der Waals surface area contributed by atoms with Gasteiger partial charge in [-0.15, -0.1) is 10.2 Å². The normalized spacial score (nSPS) is 13.8. The van der Waals surface area contributed by atoms with E-state index in [4.69, 9.17) is 4.74 Å². The third kappa shape index (κ3) is 4.60. The van der Waals surface area contributed by atoms with Gasteiger partial charge in [-0.3, -0.25) is 4.79 Å². The quantitative estimate of drug-likeness (QED) is 0.577. The lowest BCUT2D eigenvalue weighted by Gasteiger charge is -2.27. The predicted octanol–water partition coefficient (Wildman–Crippen LogP) is 1.63. The van der Waals surface area contributed by atoms with Crippen LogP contribution in [0.1, 0.15) is 20.8 Å². The highest BCUT2D eigenvalue weighted by atomic mass is 32.2. The topological polar surface area (TPSA) is 67.4 Å². The van der Waals surface area contributed by atoms with Gasteiger partial charge in [0.2, 0.25) is 5.13 Å². The molecule has 0 spiro atoms. The number of hydrogen-bond donors (Lipinski definition) is 1. The van der Waals surface area contributed by atoms with Gasteiger partial charge in [0.05, 0.1) is 6.61 Å². The van der Waals surface area contributed by atoms with E-state index in [1.807, 2.05) is 39.8 Å². The van der Waals surface area contributed by atoms with Crippen LogP contribution in [-0.4, -0.2) is 54.7 Å². The molecule has 0 bridgehead atoms. The number of nitrogens with zero attached hydrogens (tertiary/aromatic N) is 3. The molecule has 0 radical (unpaired) electrons. The fourth-order valence-electron chi connectivity index (χ4n) is 1.51. The van der Waals surface area contributed by atoms with Crippen molar-refractivity contribution in [3.63, 3.8) is 0 Å². The van der Waals surface area contributed by atoms with E-state index in [1.54, 1.807) is 0 Å². The second-order valence-corrected chi connectivity index (χ2v) is 6.79. The van der Waals surface area contributed by atoms with Gasteiger partial charge in [-0.25, -0.2) is 0 Å². The maximum absolute atomic E-state index is 12.1. The molecule has 1 atom stereocenters. The van der Waals surface area contributed by atoms with Crippen LogP contribution in [0.2, 0.25) is 0 Å². The number of nitrogens with one attached hydrogen (secondary N) is 1. The monoisotopic (exact) mass is 318 g/mol. The van der Waals surface area contributed by atoms with E-state index in [-0.39, 0.29) is 5.97 Å². The van der Waals surface area contributed by atoms with Crippen molar-refractivity contribution < 1.29 is 9.53 Å². The summed E-state index contributed by atoms with van der Waals surface area (Å²) >= 11 is 3.03. The van der Waals surface area contributed by atoms with Crippen molar-refractivity contribution in [2.45, 2.75) is 30.6 Å². The summed E-state index contributed by atoms with van der Waals surface area (Å²) in [5, 5.41) is 12.2. The first-order chi connectivity index (χ1) is 9.42. The standard InChI is InChI=1S/C12H22N4O2S2/c1-6-13-12(3,9(17)18-7-2)8-19-11-15-14-10(20-11)16(4)5/h13H,6-8H2,1-5H3. The summed E-state index contributed by atoms with van der Waals surface area (Å²) in [5.74, 6) is 0.327. The molecule has 0 fully saturated rings. The minimum Gasteiger partial charge on any atom is -0.465 e. The molecular formula is C12H22N4O2S2. The molecule has 114 valence electrons. The van der Waals surface area contributed by atoms with E-state index in [9.17, 15) is 4.79 Å². The number of aromatic nitrogens is 2. The maximum Gasteiger partial charge on any atom is 0.326 e. The van der Waals surface area contributed by atoms with Gasteiger partial charge in [0, 0.05) is 19.8 Å². The number of carbonyl (C=O) groups is 1. The lowest BCUT2D eigenvalue weighted by molar-refractivity contribution is -0.149. The van der Waals surface area contributed by atoms with E-state index in [1.165, 1.54) is 23.1 Å². The van der Waals surface area contributed by atoms with E-state index < -0.39 is 5.54 Å². The Labute approximate surface area is 128 Å². The zero-order chi connectivity index (χ0) is 15.2. The van der Waals surface area contributed by atoms with E-state index in [2.05, 4.69) is 15.5 Å². The van der Waals surface area contributed by atoms with Crippen molar-refractivity contribution in [3.05, 3.63) is 0 Å². The van der Waals surface area contributed by atoms with Gasteiger partial charge in [-0.2, -0.15) is 0 Å². The van der Waals surface area contributed by atoms with Crippen LogP contribution in [-0.2, 0) is 9.53 Å². The Morgan fingerprint density at radius 3 is 2.65 bits per heavy atom. The molecule has 1 rings (SSSR count). The van der Waals surface area contributed by atoms with Crippen molar-refractivity contribution in [1.82, 2.24) is 15.5 Å². The van der Waals surface area contributed by atoms with Gasteiger partial charge < -0.3 is 15.0 Å². The highest BCUT2D eigenvalue weighted by Crippen LogP contribution is 2.29. The summed E-state index contributed by atoms with van der Waals surface area (Å²) in [6, 6.07) is 0. The average molecular weight is 318 g/mol. The molecule has 1 aromatic heterocycles. The first-order valence-electron chi connectivity index (χ1n) is 6.48. The third-order valence-electron chi connectivity index (χ3n) is 2.56. The molecule has 0 saturated carbocycles. The summed E-state index contributed by atoms with van der Waals surface area (Å²) in [5.41, 5.74) is -0.709. The van der Waals surface area contributed by atoms with Crippen LogP contribution >= 0.6 is 23.1 Å². The molecule has 8 heteroatoms. The van der Waals surface area contributed by atoms with Gasteiger partial charge in [-0.05, 0) is 20.4 Å².